The summed E-state index contributed by atoms with van der Waals surface area (Å²) < 4.78 is 23.5. The first-order valence-electron chi connectivity index (χ1n) is 19.6. The Labute approximate surface area is 296 Å². The van der Waals surface area contributed by atoms with Crippen molar-refractivity contribution in [2.75, 3.05) is 13.2 Å². The highest BCUT2D eigenvalue weighted by Crippen LogP contribution is 2.39. The van der Waals surface area contributed by atoms with E-state index in [1.165, 1.54) is 114 Å². The Balaban J connectivity index is 1.05. The maximum absolute atomic E-state index is 13.0. The Bertz CT molecular complexity index is 1190. The van der Waals surface area contributed by atoms with Crippen LogP contribution in [0.1, 0.15) is 174 Å². The van der Waals surface area contributed by atoms with Crippen molar-refractivity contribution >= 4 is 11.9 Å². The van der Waals surface area contributed by atoms with Crippen molar-refractivity contribution in [2.24, 2.45) is 11.8 Å². The van der Waals surface area contributed by atoms with E-state index in [1.807, 2.05) is 38.1 Å². The molecule has 0 bridgehead atoms. The number of rotatable bonds is 16. The van der Waals surface area contributed by atoms with Gasteiger partial charge in [-0.15, -0.1) is 0 Å². The number of hydrogen-bond donors (Lipinski definition) is 0. The molecular formula is C43H62O6. The minimum absolute atomic E-state index is 0.0177. The van der Waals surface area contributed by atoms with Crippen LogP contribution >= 0.6 is 0 Å². The normalized spacial score (nSPS) is 26.7. The number of carbonyl (C=O) groups excluding carboxylic acids is 2. The van der Waals surface area contributed by atoms with E-state index in [4.69, 9.17) is 18.9 Å². The zero-order valence-electron chi connectivity index (χ0n) is 30.8. The van der Waals surface area contributed by atoms with Gasteiger partial charge in [-0.2, -0.15) is 0 Å². The zero-order valence-corrected chi connectivity index (χ0v) is 30.8. The van der Waals surface area contributed by atoms with Crippen LogP contribution in [0.2, 0.25) is 0 Å². The fourth-order valence-corrected chi connectivity index (χ4v) is 8.39. The highest BCUT2D eigenvalue weighted by molar-refractivity contribution is 5.90. The molecule has 2 aliphatic carbocycles. The first kappa shape index (κ1) is 37.6. The molecule has 3 aliphatic rings. The van der Waals surface area contributed by atoms with E-state index >= 15 is 0 Å². The molecule has 6 nitrogen and oxygen atoms in total. The second kappa shape index (κ2) is 18.5. The third kappa shape index (κ3) is 11.1. The van der Waals surface area contributed by atoms with E-state index in [2.05, 4.69) is 38.1 Å². The molecule has 1 aliphatic heterocycles. The van der Waals surface area contributed by atoms with Gasteiger partial charge in [0.25, 0.3) is 0 Å². The number of ether oxygens (including phenoxy) is 4. The van der Waals surface area contributed by atoms with Gasteiger partial charge in [0.2, 0.25) is 0 Å². The summed E-state index contributed by atoms with van der Waals surface area (Å²) in [6, 6.07) is 15.9. The predicted molar refractivity (Wildman–Crippen MR) is 195 cm³/mol. The number of benzene rings is 2. The quantitative estimate of drug-likeness (QED) is 0.130. The first-order valence-corrected chi connectivity index (χ1v) is 19.6. The van der Waals surface area contributed by atoms with Crippen LogP contribution in [0.25, 0.3) is 0 Å². The molecule has 0 aromatic heterocycles. The van der Waals surface area contributed by atoms with E-state index < -0.39 is 18.0 Å². The van der Waals surface area contributed by atoms with Gasteiger partial charge in [0.1, 0.15) is 25.4 Å². The molecular weight excluding hydrogens is 612 g/mol. The SMILES string of the molecule is CCCCCC1CCC(c2ccc(C(=O)OCC3OC(C)(C)O[C@@H]3COC(=O)c3ccc(C4CCC(CCCCC)CC4)cc3)cc2)CC1. The molecule has 1 unspecified atom stereocenters. The molecule has 0 N–H and O–H groups in total. The molecule has 1 saturated heterocycles. The molecule has 0 amide bonds. The minimum Gasteiger partial charge on any atom is -0.459 e. The van der Waals surface area contributed by atoms with Crippen LogP contribution in [0.4, 0.5) is 0 Å². The van der Waals surface area contributed by atoms with Crippen molar-refractivity contribution in [2.45, 2.75) is 160 Å². The van der Waals surface area contributed by atoms with E-state index in [0.717, 1.165) is 11.8 Å². The van der Waals surface area contributed by atoms with Gasteiger partial charge in [-0.05, 0) is 124 Å². The van der Waals surface area contributed by atoms with Gasteiger partial charge >= 0.3 is 11.9 Å². The van der Waals surface area contributed by atoms with Crippen LogP contribution in [-0.2, 0) is 18.9 Å². The Morgan fingerprint density at radius 1 is 0.592 bits per heavy atom. The van der Waals surface area contributed by atoms with Crippen molar-refractivity contribution < 1.29 is 28.5 Å². The fraction of sp³-hybridized carbons (Fsp3) is 0.674. The van der Waals surface area contributed by atoms with Gasteiger partial charge in [-0.1, -0.05) is 89.5 Å². The van der Waals surface area contributed by atoms with Gasteiger partial charge in [0.05, 0.1) is 11.1 Å². The number of carbonyl (C=O) groups is 2. The third-order valence-electron chi connectivity index (χ3n) is 11.4. The minimum atomic E-state index is -0.874. The van der Waals surface area contributed by atoms with Gasteiger partial charge < -0.3 is 18.9 Å². The monoisotopic (exact) mass is 674 g/mol. The van der Waals surface area contributed by atoms with Crippen molar-refractivity contribution in [1.29, 1.82) is 0 Å². The van der Waals surface area contributed by atoms with Gasteiger partial charge in [0, 0.05) is 0 Å². The average Bonchev–Trinajstić information content (AvgIpc) is 3.43. The molecule has 2 aromatic rings. The van der Waals surface area contributed by atoms with Crippen molar-refractivity contribution in [1.82, 2.24) is 0 Å². The number of hydrogen-bond acceptors (Lipinski definition) is 6. The lowest BCUT2D eigenvalue weighted by atomic mass is 9.77. The molecule has 270 valence electrons. The average molecular weight is 675 g/mol. The first-order chi connectivity index (χ1) is 23.7. The predicted octanol–water partition coefficient (Wildman–Crippen LogP) is 10.9. The summed E-state index contributed by atoms with van der Waals surface area (Å²) in [6.45, 7) is 8.21. The molecule has 5 rings (SSSR count). The number of unbranched alkanes of at least 4 members (excludes halogenated alkanes) is 4. The summed E-state index contributed by atoms with van der Waals surface area (Å²) in [5.41, 5.74) is 3.69. The summed E-state index contributed by atoms with van der Waals surface area (Å²) in [5, 5.41) is 0. The van der Waals surface area contributed by atoms with E-state index in [9.17, 15) is 9.59 Å². The molecule has 2 aromatic carbocycles. The molecule has 1 heterocycles. The van der Waals surface area contributed by atoms with Crippen LogP contribution in [0.15, 0.2) is 48.5 Å². The third-order valence-corrected chi connectivity index (χ3v) is 11.4. The summed E-state index contributed by atoms with van der Waals surface area (Å²) >= 11 is 0. The zero-order chi connectivity index (χ0) is 34.6. The van der Waals surface area contributed by atoms with Crippen molar-refractivity contribution in [3.8, 4) is 0 Å². The van der Waals surface area contributed by atoms with Crippen LogP contribution in [0, 0.1) is 11.8 Å². The topological polar surface area (TPSA) is 71.1 Å². The molecule has 0 spiro atoms. The molecule has 2 saturated carbocycles. The maximum atomic E-state index is 13.0. The lowest BCUT2D eigenvalue weighted by molar-refractivity contribution is -0.151. The standard InChI is InChI=1S/C43H62O6/c1-5-7-9-11-31-13-17-33(18-14-31)35-21-25-37(26-22-35)41(44)46-29-39-40(49-43(3,4)48-39)30-47-42(45)38-27-23-36(24-28-38)34-19-15-32(16-20-34)12-10-8-6-2/h21-28,31-34,39-40H,5-20,29-30H2,1-4H3/t31?,32?,33?,34?,39-,40?/m1/s1. The molecule has 3 fully saturated rings. The van der Waals surface area contributed by atoms with Gasteiger partial charge in [-0.25, -0.2) is 9.59 Å². The maximum Gasteiger partial charge on any atom is 0.338 e. The van der Waals surface area contributed by atoms with Gasteiger partial charge in [0.15, 0.2) is 5.79 Å². The number of esters is 2. The molecule has 6 heteroatoms. The highest BCUT2D eigenvalue weighted by atomic mass is 16.8. The van der Waals surface area contributed by atoms with Crippen LogP contribution in [0.3, 0.4) is 0 Å². The van der Waals surface area contributed by atoms with E-state index in [1.54, 1.807) is 0 Å². The largest absolute Gasteiger partial charge is 0.459 e. The summed E-state index contributed by atoms with van der Waals surface area (Å²) in [6.07, 6.45) is 19.8. The Hall–Kier alpha value is -2.70. The lowest BCUT2D eigenvalue weighted by Crippen LogP contribution is -2.33. The van der Waals surface area contributed by atoms with Crippen molar-refractivity contribution in [3.63, 3.8) is 0 Å². The highest BCUT2D eigenvalue weighted by Gasteiger charge is 2.42. The second-order valence-corrected chi connectivity index (χ2v) is 15.6. The second-order valence-electron chi connectivity index (χ2n) is 15.6. The van der Waals surface area contributed by atoms with Crippen molar-refractivity contribution in [3.05, 3.63) is 70.8 Å². The summed E-state index contributed by atoms with van der Waals surface area (Å²) in [4.78, 5) is 26.0. The molecule has 49 heavy (non-hydrogen) atoms. The summed E-state index contributed by atoms with van der Waals surface area (Å²) in [7, 11) is 0. The summed E-state index contributed by atoms with van der Waals surface area (Å²) in [5.74, 6) is 1.25. The van der Waals surface area contributed by atoms with Gasteiger partial charge in [-0.3, -0.25) is 0 Å². The van der Waals surface area contributed by atoms with Crippen LogP contribution in [0.5, 0.6) is 0 Å². The smallest absolute Gasteiger partial charge is 0.338 e. The lowest BCUT2D eigenvalue weighted by Gasteiger charge is -2.29. The van der Waals surface area contributed by atoms with Crippen LogP contribution < -0.4 is 0 Å². The fourth-order valence-electron chi connectivity index (χ4n) is 8.39. The Morgan fingerprint density at radius 2 is 0.959 bits per heavy atom. The van der Waals surface area contributed by atoms with E-state index in [0.29, 0.717) is 23.0 Å². The Kier molecular flexibility index (Phi) is 14.2. The molecule has 0 radical (unpaired) electrons. The molecule has 2 atom stereocenters. The Morgan fingerprint density at radius 3 is 1.31 bits per heavy atom. The van der Waals surface area contributed by atoms with Crippen LogP contribution in [-0.4, -0.2) is 43.1 Å². The van der Waals surface area contributed by atoms with E-state index in [-0.39, 0.29) is 25.2 Å².